The van der Waals surface area contributed by atoms with E-state index < -0.39 is 0 Å². The summed E-state index contributed by atoms with van der Waals surface area (Å²) < 4.78 is 7.50. The quantitative estimate of drug-likeness (QED) is 0.730. The molecule has 102 valence electrons. The average molecular weight is 268 g/mol. The van der Waals surface area contributed by atoms with E-state index in [4.69, 9.17) is 4.52 Å². The molecule has 0 unspecified atom stereocenters. The van der Waals surface area contributed by atoms with Crippen LogP contribution in [0.25, 0.3) is 11.0 Å². The molecule has 5 heteroatoms. The third kappa shape index (κ3) is 1.99. The van der Waals surface area contributed by atoms with Crippen LogP contribution in [0.2, 0.25) is 0 Å². The summed E-state index contributed by atoms with van der Waals surface area (Å²) in [6.45, 7) is 2.86. The van der Waals surface area contributed by atoms with E-state index in [2.05, 4.69) is 25.8 Å². The van der Waals surface area contributed by atoms with E-state index >= 15 is 0 Å². The van der Waals surface area contributed by atoms with Crippen LogP contribution in [0.1, 0.15) is 36.3 Å². The third-order valence-electron chi connectivity index (χ3n) is 3.81. The summed E-state index contributed by atoms with van der Waals surface area (Å²) in [5.41, 5.74) is 2.20. The zero-order valence-electron chi connectivity index (χ0n) is 11.4. The number of imidazole rings is 1. The highest BCUT2D eigenvalue weighted by atomic mass is 16.5. The number of fused-ring (bicyclic) bond motifs is 1. The van der Waals surface area contributed by atoms with E-state index in [1.165, 1.54) is 12.8 Å². The minimum absolute atomic E-state index is 0.520. The van der Waals surface area contributed by atoms with E-state index in [0.717, 1.165) is 41.5 Å². The number of hydrogen-bond acceptors (Lipinski definition) is 4. The van der Waals surface area contributed by atoms with Gasteiger partial charge < -0.3 is 9.09 Å². The number of benzene rings is 1. The van der Waals surface area contributed by atoms with Crippen molar-refractivity contribution >= 4 is 11.0 Å². The Morgan fingerprint density at radius 3 is 2.95 bits per heavy atom. The molecule has 0 N–H and O–H groups in total. The Balaban J connectivity index is 1.56. The molecule has 1 saturated carbocycles. The lowest BCUT2D eigenvalue weighted by Crippen LogP contribution is -2.04. The second-order valence-electron chi connectivity index (χ2n) is 5.37. The Bertz CT molecular complexity index is 754. The molecular weight excluding hydrogens is 252 g/mol. The first-order valence-electron chi connectivity index (χ1n) is 7.05. The average Bonchev–Trinajstić information content (AvgIpc) is 3.11. The highest BCUT2D eigenvalue weighted by Crippen LogP contribution is 2.38. The molecule has 0 aliphatic heterocycles. The van der Waals surface area contributed by atoms with Crippen LogP contribution in [0.4, 0.5) is 0 Å². The molecule has 0 saturated heterocycles. The standard InChI is InChI=1S/C15H16N4O/c1-10-16-12-4-2-3-5-13(12)19(10)9-8-14-17-15(20-18-14)11-6-7-11/h2-5,11H,6-9H2,1H3. The summed E-state index contributed by atoms with van der Waals surface area (Å²) >= 11 is 0. The minimum atomic E-state index is 0.520. The van der Waals surface area contributed by atoms with Gasteiger partial charge in [0.1, 0.15) is 5.82 Å². The van der Waals surface area contributed by atoms with Gasteiger partial charge in [-0.2, -0.15) is 4.98 Å². The Morgan fingerprint density at radius 2 is 2.10 bits per heavy atom. The zero-order chi connectivity index (χ0) is 13.5. The number of rotatable bonds is 4. The highest BCUT2D eigenvalue weighted by Gasteiger charge is 2.29. The lowest BCUT2D eigenvalue weighted by Gasteiger charge is -2.04. The molecule has 1 aliphatic carbocycles. The van der Waals surface area contributed by atoms with Crippen LogP contribution in [-0.2, 0) is 13.0 Å². The van der Waals surface area contributed by atoms with Crippen LogP contribution in [0.15, 0.2) is 28.8 Å². The van der Waals surface area contributed by atoms with E-state index in [1.54, 1.807) is 0 Å². The van der Waals surface area contributed by atoms with Crippen LogP contribution in [0.3, 0.4) is 0 Å². The lowest BCUT2D eigenvalue weighted by atomic mass is 10.3. The van der Waals surface area contributed by atoms with Crippen molar-refractivity contribution in [2.75, 3.05) is 0 Å². The summed E-state index contributed by atoms with van der Waals surface area (Å²) in [5.74, 6) is 3.15. The molecule has 2 aromatic heterocycles. The van der Waals surface area contributed by atoms with Gasteiger partial charge in [-0.1, -0.05) is 17.3 Å². The van der Waals surface area contributed by atoms with E-state index in [9.17, 15) is 0 Å². The van der Waals surface area contributed by atoms with Crippen LogP contribution in [-0.4, -0.2) is 19.7 Å². The second-order valence-corrected chi connectivity index (χ2v) is 5.37. The van der Waals surface area contributed by atoms with Gasteiger partial charge in [0.2, 0.25) is 5.89 Å². The summed E-state index contributed by atoms with van der Waals surface area (Å²) in [5, 5.41) is 4.07. The first-order valence-corrected chi connectivity index (χ1v) is 7.05. The maximum atomic E-state index is 5.29. The topological polar surface area (TPSA) is 56.7 Å². The van der Waals surface area contributed by atoms with Crippen molar-refractivity contribution in [1.82, 2.24) is 19.7 Å². The number of nitrogens with zero attached hydrogens (tertiary/aromatic N) is 4. The Labute approximate surface area is 116 Å². The maximum Gasteiger partial charge on any atom is 0.229 e. The summed E-state index contributed by atoms with van der Waals surface area (Å²) in [4.78, 5) is 9.04. The largest absolute Gasteiger partial charge is 0.339 e. The van der Waals surface area contributed by atoms with Gasteiger partial charge >= 0.3 is 0 Å². The molecular formula is C15H16N4O. The number of para-hydroxylation sites is 2. The smallest absolute Gasteiger partial charge is 0.229 e. The molecule has 3 aromatic rings. The molecule has 0 radical (unpaired) electrons. The summed E-state index contributed by atoms with van der Waals surface area (Å²) in [6.07, 6.45) is 3.15. The Kier molecular flexibility index (Phi) is 2.58. The second kappa shape index (κ2) is 4.44. The van der Waals surface area contributed by atoms with Crippen molar-refractivity contribution in [3.05, 3.63) is 41.8 Å². The van der Waals surface area contributed by atoms with Gasteiger partial charge in [0.15, 0.2) is 5.82 Å². The molecule has 2 heterocycles. The van der Waals surface area contributed by atoms with Crippen LogP contribution in [0, 0.1) is 6.92 Å². The van der Waals surface area contributed by atoms with Gasteiger partial charge in [-0.25, -0.2) is 4.98 Å². The fourth-order valence-corrected chi connectivity index (χ4v) is 2.56. The molecule has 0 bridgehead atoms. The molecule has 1 fully saturated rings. The van der Waals surface area contributed by atoms with Crippen molar-refractivity contribution in [2.24, 2.45) is 0 Å². The molecule has 4 rings (SSSR count). The first kappa shape index (κ1) is 11.6. The highest BCUT2D eigenvalue weighted by molar-refractivity contribution is 5.75. The van der Waals surface area contributed by atoms with Gasteiger partial charge in [-0.3, -0.25) is 0 Å². The van der Waals surface area contributed by atoms with Crippen molar-refractivity contribution in [3.8, 4) is 0 Å². The minimum Gasteiger partial charge on any atom is -0.339 e. The molecule has 5 nitrogen and oxygen atoms in total. The zero-order valence-corrected chi connectivity index (χ0v) is 11.4. The van der Waals surface area contributed by atoms with Gasteiger partial charge in [0.05, 0.1) is 11.0 Å². The van der Waals surface area contributed by atoms with E-state index in [1.807, 2.05) is 25.1 Å². The monoisotopic (exact) mass is 268 g/mol. The van der Waals surface area contributed by atoms with Crippen LogP contribution >= 0.6 is 0 Å². The maximum absolute atomic E-state index is 5.29. The third-order valence-corrected chi connectivity index (χ3v) is 3.81. The molecule has 0 spiro atoms. The van der Waals surface area contributed by atoms with Crippen molar-refractivity contribution in [1.29, 1.82) is 0 Å². The number of aromatic nitrogens is 4. The van der Waals surface area contributed by atoms with Gasteiger partial charge in [0.25, 0.3) is 0 Å². The van der Waals surface area contributed by atoms with E-state index in [-0.39, 0.29) is 0 Å². The van der Waals surface area contributed by atoms with Gasteiger partial charge in [-0.15, -0.1) is 0 Å². The Hall–Kier alpha value is -2.17. The lowest BCUT2D eigenvalue weighted by molar-refractivity contribution is 0.373. The fourth-order valence-electron chi connectivity index (χ4n) is 2.56. The summed E-state index contributed by atoms with van der Waals surface area (Å²) in [6, 6.07) is 8.19. The van der Waals surface area contributed by atoms with Gasteiger partial charge in [-0.05, 0) is 31.9 Å². The Morgan fingerprint density at radius 1 is 1.25 bits per heavy atom. The molecule has 20 heavy (non-hydrogen) atoms. The van der Waals surface area contributed by atoms with Crippen molar-refractivity contribution in [3.63, 3.8) is 0 Å². The predicted molar refractivity (Wildman–Crippen MR) is 74.4 cm³/mol. The number of aryl methyl sites for hydroxylation is 3. The SMILES string of the molecule is Cc1nc2ccccc2n1CCc1noc(C2CC2)n1. The summed E-state index contributed by atoms with van der Waals surface area (Å²) in [7, 11) is 0. The normalized spacial score (nSPS) is 15.1. The molecule has 0 atom stereocenters. The van der Waals surface area contributed by atoms with Crippen molar-refractivity contribution < 1.29 is 4.52 Å². The predicted octanol–water partition coefficient (Wildman–Crippen LogP) is 2.85. The molecule has 1 aliphatic rings. The van der Waals surface area contributed by atoms with Crippen LogP contribution < -0.4 is 0 Å². The van der Waals surface area contributed by atoms with Gasteiger partial charge in [0, 0.05) is 18.9 Å². The number of hydrogen-bond donors (Lipinski definition) is 0. The molecule has 1 aromatic carbocycles. The van der Waals surface area contributed by atoms with Crippen LogP contribution in [0.5, 0.6) is 0 Å². The van der Waals surface area contributed by atoms with E-state index in [0.29, 0.717) is 5.92 Å². The fraction of sp³-hybridized carbons (Fsp3) is 0.400. The first-order chi connectivity index (χ1) is 9.81. The molecule has 0 amide bonds. The van der Waals surface area contributed by atoms with Crippen molar-refractivity contribution in [2.45, 2.75) is 38.6 Å².